The molecule has 1 aromatic carbocycles. The van der Waals surface area contributed by atoms with Gasteiger partial charge in [-0.25, -0.2) is 4.98 Å². The fourth-order valence-corrected chi connectivity index (χ4v) is 3.72. The van der Waals surface area contributed by atoms with Gasteiger partial charge in [0, 0.05) is 23.6 Å². The molecule has 2 aromatic rings. The molecule has 26 heavy (non-hydrogen) atoms. The summed E-state index contributed by atoms with van der Waals surface area (Å²) in [6, 6.07) is 5.57. The van der Waals surface area contributed by atoms with Gasteiger partial charge in [0.2, 0.25) is 5.91 Å². The van der Waals surface area contributed by atoms with Crippen molar-refractivity contribution in [3.8, 4) is 0 Å². The second-order valence-corrected chi connectivity index (χ2v) is 7.79. The fraction of sp³-hybridized carbons (Fsp3) is 0.526. The molecule has 1 saturated heterocycles. The highest BCUT2D eigenvalue weighted by atomic mass is 79.9. The molecule has 6 nitrogen and oxygen atoms in total. The van der Waals surface area contributed by atoms with Crippen LogP contribution in [0.5, 0.6) is 0 Å². The van der Waals surface area contributed by atoms with Crippen LogP contribution in [0.15, 0.2) is 33.8 Å². The van der Waals surface area contributed by atoms with E-state index in [4.69, 9.17) is 0 Å². The predicted octanol–water partition coefficient (Wildman–Crippen LogP) is 2.54. The number of hydrogen-bond acceptors (Lipinski definition) is 4. The first-order valence-corrected chi connectivity index (χ1v) is 10.0. The molecule has 1 amide bonds. The number of unbranched alkanes of at least 4 members (excludes halogenated alkanes) is 1. The number of fused-ring (bicyclic) bond motifs is 1. The molecule has 0 bridgehead atoms. The molecule has 1 fully saturated rings. The largest absolute Gasteiger partial charge is 0.352 e. The van der Waals surface area contributed by atoms with Crippen molar-refractivity contribution in [1.29, 1.82) is 0 Å². The van der Waals surface area contributed by atoms with E-state index in [0.29, 0.717) is 10.9 Å². The van der Waals surface area contributed by atoms with E-state index in [1.807, 2.05) is 6.07 Å². The van der Waals surface area contributed by atoms with Crippen molar-refractivity contribution in [1.82, 2.24) is 19.8 Å². The minimum absolute atomic E-state index is 0.00430. The topological polar surface area (TPSA) is 67.2 Å². The number of nitrogens with one attached hydrogen (secondary N) is 1. The summed E-state index contributed by atoms with van der Waals surface area (Å²) in [5.41, 5.74) is 0.440. The van der Waals surface area contributed by atoms with Crippen molar-refractivity contribution < 1.29 is 4.79 Å². The Kier molecular flexibility index (Phi) is 6.43. The minimum Gasteiger partial charge on any atom is -0.352 e. The number of nitrogens with zero attached hydrogens (tertiary/aromatic N) is 3. The minimum atomic E-state index is -0.194. The number of amides is 1. The van der Waals surface area contributed by atoms with Crippen LogP contribution in [-0.2, 0) is 11.3 Å². The Morgan fingerprint density at radius 1 is 1.35 bits per heavy atom. The van der Waals surface area contributed by atoms with E-state index < -0.39 is 0 Å². The van der Waals surface area contributed by atoms with Gasteiger partial charge < -0.3 is 10.2 Å². The van der Waals surface area contributed by atoms with Crippen LogP contribution in [0.25, 0.3) is 10.9 Å². The molecule has 1 N–H and O–H groups in total. The van der Waals surface area contributed by atoms with Crippen LogP contribution >= 0.6 is 15.9 Å². The summed E-state index contributed by atoms with van der Waals surface area (Å²) in [4.78, 5) is 31.7. The fourth-order valence-electron chi connectivity index (χ4n) is 3.35. The number of carbonyl (C=O) groups excluding carboxylic acids is 1. The number of halogens is 1. The highest BCUT2D eigenvalue weighted by Crippen LogP contribution is 2.15. The van der Waals surface area contributed by atoms with Crippen LogP contribution in [-0.4, -0.2) is 46.0 Å². The predicted molar refractivity (Wildman–Crippen MR) is 106 cm³/mol. The number of hydrogen-bond donors (Lipinski definition) is 1. The second-order valence-electron chi connectivity index (χ2n) is 6.88. The lowest BCUT2D eigenvalue weighted by molar-refractivity contribution is -0.122. The Bertz CT molecular complexity index is 828. The highest BCUT2D eigenvalue weighted by molar-refractivity contribution is 9.10. The molecule has 140 valence electrons. The Labute approximate surface area is 161 Å². The van der Waals surface area contributed by atoms with Crippen molar-refractivity contribution in [3.05, 3.63) is 39.4 Å². The van der Waals surface area contributed by atoms with Gasteiger partial charge >= 0.3 is 0 Å². The maximum Gasteiger partial charge on any atom is 0.261 e. The first-order valence-electron chi connectivity index (χ1n) is 9.23. The Morgan fingerprint density at radius 3 is 2.85 bits per heavy atom. The quantitative estimate of drug-likeness (QED) is 0.779. The van der Waals surface area contributed by atoms with E-state index in [2.05, 4.69) is 38.1 Å². The van der Waals surface area contributed by atoms with Crippen molar-refractivity contribution in [2.75, 3.05) is 19.6 Å². The average molecular weight is 421 g/mol. The molecular formula is C19H25BrN4O2. The molecule has 0 saturated carbocycles. The molecular weight excluding hydrogens is 396 g/mol. The van der Waals surface area contributed by atoms with E-state index in [-0.39, 0.29) is 24.1 Å². The third-order valence-electron chi connectivity index (χ3n) is 4.88. The zero-order valence-corrected chi connectivity index (χ0v) is 16.7. The van der Waals surface area contributed by atoms with Gasteiger partial charge in [-0.2, -0.15) is 0 Å². The van der Waals surface area contributed by atoms with Crippen LogP contribution < -0.4 is 10.9 Å². The third-order valence-corrected chi connectivity index (χ3v) is 5.37. The number of carbonyl (C=O) groups is 1. The van der Waals surface area contributed by atoms with Gasteiger partial charge in [0.25, 0.3) is 5.56 Å². The van der Waals surface area contributed by atoms with E-state index in [0.717, 1.165) is 36.9 Å². The van der Waals surface area contributed by atoms with E-state index in [1.54, 1.807) is 12.1 Å². The Balaban J connectivity index is 1.58. The summed E-state index contributed by atoms with van der Waals surface area (Å²) in [5, 5.41) is 3.58. The molecule has 3 rings (SSSR count). The molecule has 0 radical (unpaired) electrons. The zero-order chi connectivity index (χ0) is 18.5. The van der Waals surface area contributed by atoms with Gasteiger partial charge in [-0.1, -0.05) is 29.3 Å². The smallest absolute Gasteiger partial charge is 0.261 e. The molecule has 1 aromatic heterocycles. The number of aromatic nitrogens is 2. The zero-order valence-electron chi connectivity index (χ0n) is 15.1. The molecule has 2 heterocycles. The van der Waals surface area contributed by atoms with Gasteiger partial charge in [0.1, 0.15) is 6.54 Å². The molecule has 0 spiro atoms. The maximum absolute atomic E-state index is 12.6. The molecule has 0 aliphatic carbocycles. The normalized spacial score (nSPS) is 16.1. The summed E-state index contributed by atoms with van der Waals surface area (Å²) < 4.78 is 2.20. The summed E-state index contributed by atoms with van der Waals surface area (Å²) >= 11 is 3.37. The van der Waals surface area contributed by atoms with Crippen molar-refractivity contribution in [2.24, 2.45) is 0 Å². The van der Waals surface area contributed by atoms with Gasteiger partial charge in [-0.05, 0) is 44.0 Å². The van der Waals surface area contributed by atoms with Crippen LogP contribution in [0.4, 0.5) is 0 Å². The van der Waals surface area contributed by atoms with Crippen LogP contribution in [0.3, 0.4) is 0 Å². The van der Waals surface area contributed by atoms with Crippen molar-refractivity contribution in [2.45, 2.75) is 45.2 Å². The summed E-state index contributed by atoms with van der Waals surface area (Å²) in [6.45, 7) is 5.40. The van der Waals surface area contributed by atoms with Crippen molar-refractivity contribution in [3.63, 3.8) is 0 Å². The second kappa shape index (κ2) is 8.77. The van der Waals surface area contributed by atoms with Crippen LogP contribution in [0.1, 0.15) is 32.6 Å². The lowest BCUT2D eigenvalue weighted by Gasteiger charge is -2.32. The first-order chi connectivity index (χ1) is 12.6. The van der Waals surface area contributed by atoms with E-state index in [9.17, 15) is 9.59 Å². The molecule has 1 aliphatic heterocycles. The average Bonchev–Trinajstić information content (AvgIpc) is 2.64. The van der Waals surface area contributed by atoms with Crippen LogP contribution in [0.2, 0.25) is 0 Å². The van der Waals surface area contributed by atoms with Crippen LogP contribution in [0, 0.1) is 0 Å². The number of benzene rings is 1. The maximum atomic E-state index is 12.6. The lowest BCUT2D eigenvalue weighted by Crippen LogP contribution is -2.46. The van der Waals surface area contributed by atoms with Crippen molar-refractivity contribution >= 4 is 32.7 Å². The Hall–Kier alpha value is -1.73. The Morgan fingerprint density at radius 2 is 2.12 bits per heavy atom. The molecule has 7 heteroatoms. The van der Waals surface area contributed by atoms with Gasteiger partial charge in [0.05, 0.1) is 17.2 Å². The molecule has 0 atom stereocenters. The molecule has 1 aliphatic rings. The monoisotopic (exact) mass is 420 g/mol. The standard InChI is InChI=1S/C19H25BrN4O2/c1-2-3-8-23-9-6-15(7-10-23)22-18(25)12-24-13-21-17-5-4-14(20)11-16(17)19(24)26/h4-5,11,13,15H,2-3,6-10,12H2,1H3,(H,22,25). The summed E-state index contributed by atoms with van der Waals surface area (Å²) in [5.74, 6) is -0.129. The van der Waals surface area contributed by atoms with Gasteiger partial charge in [0.15, 0.2) is 0 Å². The number of piperidine rings is 1. The third kappa shape index (κ3) is 4.71. The summed E-state index contributed by atoms with van der Waals surface area (Å²) in [7, 11) is 0. The first kappa shape index (κ1) is 19.0. The van der Waals surface area contributed by atoms with Gasteiger partial charge in [-0.3, -0.25) is 14.2 Å². The van der Waals surface area contributed by atoms with E-state index in [1.165, 1.54) is 23.7 Å². The SMILES string of the molecule is CCCCN1CCC(NC(=O)Cn2cnc3ccc(Br)cc3c2=O)CC1. The van der Waals surface area contributed by atoms with E-state index >= 15 is 0 Å². The highest BCUT2D eigenvalue weighted by Gasteiger charge is 2.20. The molecule has 0 unspecified atom stereocenters. The summed E-state index contributed by atoms with van der Waals surface area (Å²) in [6.07, 6.45) is 5.82. The lowest BCUT2D eigenvalue weighted by atomic mass is 10.0. The number of rotatable bonds is 6. The number of likely N-dealkylation sites (tertiary alicyclic amines) is 1. The van der Waals surface area contributed by atoms with Gasteiger partial charge in [-0.15, -0.1) is 0 Å².